The van der Waals surface area contributed by atoms with Crippen molar-refractivity contribution in [2.75, 3.05) is 0 Å². The predicted molar refractivity (Wildman–Crippen MR) is 123 cm³/mol. The van der Waals surface area contributed by atoms with Crippen LogP contribution in [0.15, 0.2) is 18.2 Å². The Bertz CT molecular complexity index is 758. The van der Waals surface area contributed by atoms with E-state index in [1.807, 2.05) is 0 Å². The van der Waals surface area contributed by atoms with Gasteiger partial charge >= 0.3 is 11.9 Å². The summed E-state index contributed by atoms with van der Waals surface area (Å²) in [5, 5.41) is 18.5. The van der Waals surface area contributed by atoms with Gasteiger partial charge in [-0.05, 0) is 87.8 Å². The van der Waals surface area contributed by atoms with E-state index in [9.17, 15) is 19.8 Å². The van der Waals surface area contributed by atoms with E-state index < -0.39 is 11.9 Å². The van der Waals surface area contributed by atoms with Crippen LogP contribution in [0.25, 0.3) is 0 Å². The number of benzene rings is 1. The summed E-state index contributed by atoms with van der Waals surface area (Å²) < 4.78 is 0. The van der Waals surface area contributed by atoms with Gasteiger partial charge in [-0.1, -0.05) is 56.7 Å². The number of aliphatic carboxylic acids is 2. The van der Waals surface area contributed by atoms with Gasteiger partial charge in [-0.3, -0.25) is 9.59 Å². The summed E-state index contributed by atoms with van der Waals surface area (Å²) in [4.78, 5) is 22.5. The van der Waals surface area contributed by atoms with E-state index in [1.54, 1.807) is 0 Å². The molecule has 0 bridgehead atoms. The molecule has 0 spiro atoms. The lowest BCUT2D eigenvalue weighted by molar-refractivity contribution is -0.144. The molecule has 0 radical (unpaired) electrons. The Labute approximate surface area is 187 Å². The highest BCUT2D eigenvalue weighted by Gasteiger charge is 2.49. The van der Waals surface area contributed by atoms with Gasteiger partial charge in [0.05, 0.1) is 10.8 Å². The van der Waals surface area contributed by atoms with Gasteiger partial charge in [-0.25, -0.2) is 0 Å². The summed E-state index contributed by atoms with van der Waals surface area (Å²) in [6, 6.07) is 6.65. The molecular formula is C27H40O4. The van der Waals surface area contributed by atoms with Crippen molar-refractivity contribution >= 4 is 11.9 Å². The second kappa shape index (κ2) is 10.7. The molecule has 0 aliphatic heterocycles. The third-order valence-electron chi connectivity index (χ3n) is 7.81. The van der Waals surface area contributed by atoms with Crippen molar-refractivity contribution in [1.82, 2.24) is 0 Å². The van der Waals surface area contributed by atoms with E-state index >= 15 is 0 Å². The number of hydrogen-bond donors (Lipinski definition) is 2. The second-order valence-electron chi connectivity index (χ2n) is 10.2. The van der Waals surface area contributed by atoms with Crippen LogP contribution < -0.4 is 0 Å². The molecule has 31 heavy (non-hydrogen) atoms. The highest BCUT2D eigenvalue weighted by atomic mass is 16.4. The molecule has 2 aliphatic rings. The number of aryl methyl sites for hydroxylation is 2. The molecule has 2 saturated carbocycles. The number of carbonyl (C=O) groups is 2. The molecule has 0 saturated heterocycles. The molecule has 3 rings (SSSR count). The maximum absolute atomic E-state index is 11.3. The van der Waals surface area contributed by atoms with Crippen LogP contribution in [0.5, 0.6) is 0 Å². The minimum absolute atomic E-state index is 0.365. The Morgan fingerprint density at radius 1 is 0.742 bits per heavy atom. The van der Waals surface area contributed by atoms with Crippen LogP contribution in [0.1, 0.15) is 107 Å². The number of carboxylic acids is 2. The predicted octanol–water partition coefficient (Wildman–Crippen LogP) is 6.71. The zero-order chi connectivity index (χ0) is 22.3. The van der Waals surface area contributed by atoms with Crippen LogP contribution in [-0.2, 0) is 22.4 Å². The molecule has 1 aromatic rings. The molecule has 4 heteroatoms. The molecule has 0 atom stereocenters. The van der Waals surface area contributed by atoms with Gasteiger partial charge in [-0.2, -0.15) is 0 Å². The van der Waals surface area contributed by atoms with Crippen LogP contribution in [0.2, 0.25) is 0 Å². The van der Waals surface area contributed by atoms with Crippen molar-refractivity contribution in [3.8, 4) is 0 Å². The van der Waals surface area contributed by atoms with Crippen molar-refractivity contribution in [1.29, 1.82) is 0 Å². The van der Waals surface area contributed by atoms with E-state index in [1.165, 1.54) is 42.4 Å². The van der Waals surface area contributed by atoms with Gasteiger partial charge in [0.1, 0.15) is 0 Å². The quantitative estimate of drug-likeness (QED) is 0.287. The maximum Gasteiger partial charge on any atom is 0.309 e. The lowest BCUT2D eigenvalue weighted by Crippen LogP contribution is -2.14. The largest absolute Gasteiger partial charge is 0.481 e. The topological polar surface area (TPSA) is 74.6 Å². The smallest absolute Gasteiger partial charge is 0.309 e. The van der Waals surface area contributed by atoms with E-state index in [4.69, 9.17) is 0 Å². The Balaban J connectivity index is 1.32. The highest BCUT2D eigenvalue weighted by Crippen LogP contribution is 2.50. The van der Waals surface area contributed by atoms with Crippen LogP contribution in [0.3, 0.4) is 0 Å². The molecule has 2 fully saturated rings. The van der Waals surface area contributed by atoms with Crippen LogP contribution in [0.4, 0.5) is 0 Å². The number of rotatable bonds is 16. The first-order chi connectivity index (χ1) is 14.9. The zero-order valence-electron chi connectivity index (χ0n) is 19.3. The summed E-state index contributed by atoms with van der Waals surface area (Å²) >= 11 is 0. The molecule has 2 N–H and O–H groups in total. The van der Waals surface area contributed by atoms with Crippen molar-refractivity contribution in [2.24, 2.45) is 10.8 Å². The fraction of sp³-hybridized carbons (Fsp3) is 0.704. The SMILES string of the molecule is Cc1cccc(CCCCCCC2(C(=O)O)CC2)c1CCCCCCC1(C(=O)O)CC1. The third kappa shape index (κ3) is 6.57. The van der Waals surface area contributed by atoms with Crippen molar-refractivity contribution in [3.63, 3.8) is 0 Å². The van der Waals surface area contributed by atoms with Gasteiger partial charge in [0, 0.05) is 0 Å². The summed E-state index contributed by atoms with van der Waals surface area (Å²) in [5.74, 6) is -1.18. The fourth-order valence-electron chi connectivity index (χ4n) is 5.05. The molecule has 4 nitrogen and oxygen atoms in total. The Kier molecular flexibility index (Phi) is 8.18. The van der Waals surface area contributed by atoms with Crippen molar-refractivity contribution in [3.05, 3.63) is 34.9 Å². The molecule has 172 valence electrons. The van der Waals surface area contributed by atoms with Crippen LogP contribution in [-0.4, -0.2) is 22.2 Å². The van der Waals surface area contributed by atoms with Crippen molar-refractivity contribution < 1.29 is 19.8 Å². The van der Waals surface area contributed by atoms with Gasteiger partial charge in [0.15, 0.2) is 0 Å². The minimum Gasteiger partial charge on any atom is -0.481 e. The first-order valence-corrected chi connectivity index (χ1v) is 12.4. The Morgan fingerprint density at radius 3 is 1.71 bits per heavy atom. The molecule has 2 aliphatic carbocycles. The molecule has 0 amide bonds. The average Bonchev–Trinajstić information content (AvgIpc) is 3.64. The van der Waals surface area contributed by atoms with Gasteiger partial charge < -0.3 is 10.2 Å². The van der Waals surface area contributed by atoms with Crippen LogP contribution >= 0.6 is 0 Å². The van der Waals surface area contributed by atoms with Crippen molar-refractivity contribution in [2.45, 2.75) is 110 Å². The lowest BCUT2D eigenvalue weighted by atomic mass is 9.92. The molecule has 1 aromatic carbocycles. The van der Waals surface area contributed by atoms with E-state index in [0.29, 0.717) is 0 Å². The van der Waals surface area contributed by atoms with Gasteiger partial charge in [0.25, 0.3) is 0 Å². The van der Waals surface area contributed by atoms with E-state index in [-0.39, 0.29) is 10.8 Å². The summed E-state index contributed by atoms with van der Waals surface area (Å²) in [6.45, 7) is 2.21. The second-order valence-corrected chi connectivity index (χ2v) is 10.2. The van der Waals surface area contributed by atoms with Gasteiger partial charge in [-0.15, -0.1) is 0 Å². The van der Waals surface area contributed by atoms with Gasteiger partial charge in [0.2, 0.25) is 0 Å². The Hall–Kier alpha value is -1.84. The fourth-order valence-corrected chi connectivity index (χ4v) is 5.05. The standard InChI is InChI=1S/C27H40O4/c1-21-11-10-13-22(12-6-2-4-8-15-26(17-18-26)24(28)29)23(21)14-7-3-5-9-16-27(19-20-27)25(30)31/h10-11,13H,2-9,12,14-20H2,1H3,(H,28,29)(H,30,31). The van der Waals surface area contributed by atoms with E-state index in [2.05, 4.69) is 25.1 Å². The normalized spacial score (nSPS) is 18.0. The third-order valence-corrected chi connectivity index (χ3v) is 7.81. The number of unbranched alkanes of at least 4 members (excludes halogenated alkanes) is 6. The molecule has 0 heterocycles. The first kappa shape index (κ1) is 23.8. The summed E-state index contributed by atoms with van der Waals surface area (Å²) in [5.41, 5.74) is 3.64. The summed E-state index contributed by atoms with van der Waals surface area (Å²) in [6.07, 6.45) is 16.5. The minimum atomic E-state index is -0.592. The summed E-state index contributed by atoms with van der Waals surface area (Å²) in [7, 11) is 0. The first-order valence-electron chi connectivity index (χ1n) is 12.4. The molecule has 0 aromatic heterocycles. The number of carboxylic acid groups (broad SMARTS) is 2. The van der Waals surface area contributed by atoms with Crippen LogP contribution in [0, 0.1) is 17.8 Å². The lowest BCUT2D eigenvalue weighted by Gasteiger charge is -2.14. The zero-order valence-corrected chi connectivity index (χ0v) is 19.3. The highest BCUT2D eigenvalue weighted by molar-refractivity contribution is 5.78. The van der Waals surface area contributed by atoms with E-state index in [0.717, 1.165) is 77.0 Å². The average molecular weight is 429 g/mol. The monoisotopic (exact) mass is 428 g/mol. The maximum atomic E-state index is 11.3. The number of hydrogen-bond acceptors (Lipinski definition) is 2. The molecular weight excluding hydrogens is 388 g/mol. The molecule has 0 unspecified atom stereocenters. The Morgan fingerprint density at radius 2 is 1.23 bits per heavy atom.